The smallest absolute Gasteiger partial charge is 0.266 e. The van der Waals surface area contributed by atoms with Crippen molar-refractivity contribution in [2.75, 3.05) is 31.7 Å². The Morgan fingerprint density at radius 2 is 1.67 bits per heavy atom. The van der Waals surface area contributed by atoms with Crippen molar-refractivity contribution < 1.29 is 23.8 Å². The van der Waals surface area contributed by atoms with Gasteiger partial charge in [-0.05, 0) is 68.8 Å². The normalized spacial score (nSPS) is 17.7. The topological polar surface area (TPSA) is 68.3 Å². The van der Waals surface area contributed by atoms with Crippen LogP contribution in [-0.2, 0) is 0 Å². The Morgan fingerprint density at radius 1 is 0.861 bits per heavy atom. The van der Waals surface area contributed by atoms with Crippen LogP contribution in [0, 0.1) is 0 Å². The molecule has 2 aliphatic heterocycles. The van der Waals surface area contributed by atoms with E-state index in [9.17, 15) is 9.59 Å². The molecule has 2 aliphatic rings. The molecule has 2 heterocycles. The number of likely N-dealkylation sites (tertiary alicyclic amines) is 1. The molecule has 0 radical (unpaired) electrons. The summed E-state index contributed by atoms with van der Waals surface area (Å²) in [5.41, 5.74) is 1.08. The van der Waals surface area contributed by atoms with Crippen molar-refractivity contribution in [2.24, 2.45) is 0 Å². The zero-order valence-electron chi connectivity index (χ0n) is 20.6. The fourth-order valence-corrected chi connectivity index (χ4v) is 4.82. The summed E-state index contributed by atoms with van der Waals surface area (Å²) in [4.78, 5) is 30.0. The number of para-hydroxylation sites is 1. The summed E-state index contributed by atoms with van der Waals surface area (Å²) in [7, 11) is 1.55. The Hall–Kier alpha value is -3.84. The fourth-order valence-electron chi connectivity index (χ4n) is 4.82. The van der Waals surface area contributed by atoms with E-state index in [0.717, 1.165) is 13.1 Å². The van der Waals surface area contributed by atoms with E-state index in [2.05, 4.69) is 11.8 Å². The highest BCUT2D eigenvalue weighted by atomic mass is 16.5. The number of amides is 2. The highest BCUT2D eigenvalue weighted by molar-refractivity contribution is 6.34. The summed E-state index contributed by atoms with van der Waals surface area (Å²) < 4.78 is 17.4. The summed E-state index contributed by atoms with van der Waals surface area (Å²) in [6.45, 7) is 4.74. The van der Waals surface area contributed by atoms with Gasteiger partial charge in [0, 0.05) is 18.7 Å². The number of rotatable bonds is 8. The summed E-state index contributed by atoms with van der Waals surface area (Å²) in [6.07, 6.45) is 3.73. The molecule has 1 unspecified atom stereocenters. The molecule has 0 aliphatic carbocycles. The predicted molar refractivity (Wildman–Crippen MR) is 137 cm³/mol. The summed E-state index contributed by atoms with van der Waals surface area (Å²) in [5.74, 6) is 1.43. The Balaban J connectivity index is 1.30. The number of hydrogen-bond donors (Lipinski definition) is 0. The third-order valence-electron chi connectivity index (χ3n) is 6.82. The number of anilines is 1. The molecule has 0 bridgehead atoms. The minimum atomic E-state index is -0.400. The van der Waals surface area contributed by atoms with Crippen LogP contribution in [0.2, 0.25) is 0 Å². The molecule has 0 aromatic heterocycles. The minimum absolute atomic E-state index is 0.309. The van der Waals surface area contributed by atoms with Gasteiger partial charge >= 0.3 is 0 Å². The number of methoxy groups -OCH3 is 1. The molecule has 186 valence electrons. The van der Waals surface area contributed by atoms with Crippen LogP contribution >= 0.6 is 0 Å². The number of carbonyl (C=O) groups is 2. The molecule has 1 fully saturated rings. The van der Waals surface area contributed by atoms with Gasteiger partial charge < -0.3 is 14.2 Å². The van der Waals surface area contributed by atoms with Crippen molar-refractivity contribution in [3.05, 3.63) is 77.9 Å². The van der Waals surface area contributed by atoms with Gasteiger partial charge in [0.2, 0.25) is 0 Å². The molecule has 0 spiro atoms. The van der Waals surface area contributed by atoms with Gasteiger partial charge in [0.25, 0.3) is 11.8 Å². The second-order valence-corrected chi connectivity index (χ2v) is 9.13. The van der Waals surface area contributed by atoms with Crippen LogP contribution in [0.5, 0.6) is 23.0 Å². The van der Waals surface area contributed by atoms with Crippen LogP contribution in [0.15, 0.2) is 66.7 Å². The summed E-state index contributed by atoms with van der Waals surface area (Å²) >= 11 is 0. The first-order valence-electron chi connectivity index (χ1n) is 12.4. The maximum absolute atomic E-state index is 13.2. The standard InChI is InChI=1S/C29H30N2O5/c1-20-8-6-7-15-30(20)16-17-35-26-14-11-21(18-27(26)34-2)31-28(32)24-13-12-23(19-25(24)29(31)33)36-22-9-4-3-5-10-22/h3-5,9-14,18-20H,6-8,15-17H2,1-2H3. The Labute approximate surface area is 211 Å². The third kappa shape index (κ3) is 4.79. The third-order valence-corrected chi connectivity index (χ3v) is 6.82. The van der Waals surface area contributed by atoms with Crippen molar-refractivity contribution in [1.29, 1.82) is 0 Å². The number of imide groups is 1. The molecule has 7 heteroatoms. The Kier molecular flexibility index (Phi) is 6.91. The lowest BCUT2D eigenvalue weighted by atomic mass is 10.0. The quantitative estimate of drug-likeness (QED) is 0.390. The number of hydrogen-bond acceptors (Lipinski definition) is 6. The molecule has 36 heavy (non-hydrogen) atoms. The first-order valence-corrected chi connectivity index (χ1v) is 12.4. The van der Waals surface area contributed by atoms with Gasteiger partial charge in [-0.1, -0.05) is 24.6 Å². The maximum atomic E-state index is 13.2. The largest absolute Gasteiger partial charge is 0.493 e. The lowest BCUT2D eigenvalue weighted by molar-refractivity contribution is 0.0926. The summed E-state index contributed by atoms with van der Waals surface area (Å²) in [5, 5.41) is 0. The van der Waals surface area contributed by atoms with E-state index in [-0.39, 0.29) is 5.91 Å². The molecule has 5 rings (SSSR count). The molecule has 0 N–H and O–H groups in total. The van der Waals surface area contributed by atoms with E-state index < -0.39 is 5.91 Å². The van der Waals surface area contributed by atoms with Gasteiger partial charge in [0.1, 0.15) is 18.1 Å². The first kappa shape index (κ1) is 23.9. The van der Waals surface area contributed by atoms with Gasteiger partial charge in [-0.3, -0.25) is 14.5 Å². The minimum Gasteiger partial charge on any atom is -0.493 e. The van der Waals surface area contributed by atoms with Crippen molar-refractivity contribution in [3.63, 3.8) is 0 Å². The van der Waals surface area contributed by atoms with E-state index >= 15 is 0 Å². The molecule has 2 amide bonds. The number of nitrogens with zero attached hydrogens (tertiary/aromatic N) is 2. The van der Waals surface area contributed by atoms with Crippen molar-refractivity contribution in [1.82, 2.24) is 4.90 Å². The molecular formula is C29H30N2O5. The zero-order chi connectivity index (χ0) is 25.1. The molecule has 7 nitrogen and oxygen atoms in total. The van der Waals surface area contributed by atoms with Gasteiger partial charge in [0.15, 0.2) is 11.5 Å². The van der Waals surface area contributed by atoms with Crippen molar-refractivity contribution >= 4 is 17.5 Å². The van der Waals surface area contributed by atoms with Crippen molar-refractivity contribution in [3.8, 4) is 23.0 Å². The van der Waals surface area contributed by atoms with Gasteiger partial charge in [0.05, 0.1) is 23.9 Å². The molecule has 3 aromatic carbocycles. The lowest BCUT2D eigenvalue weighted by Crippen LogP contribution is -2.39. The Bertz CT molecular complexity index is 1260. The number of carbonyl (C=O) groups excluding carboxylic acids is 2. The second kappa shape index (κ2) is 10.4. The van der Waals surface area contributed by atoms with E-state index in [4.69, 9.17) is 14.2 Å². The van der Waals surface area contributed by atoms with E-state index in [0.29, 0.717) is 52.5 Å². The van der Waals surface area contributed by atoms with Crippen molar-refractivity contribution in [2.45, 2.75) is 32.2 Å². The average Bonchev–Trinajstić information content (AvgIpc) is 3.15. The average molecular weight is 487 g/mol. The molecular weight excluding hydrogens is 456 g/mol. The predicted octanol–water partition coefficient (Wildman–Crippen LogP) is 5.54. The lowest BCUT2D eigenvalue weighted by Gasteiger charge is -2.33. The SMILES string of the molecule is COc1cc(N2C(=O)c3ccc(Oc4ccccc4)cc3C2=O)ccc1OCCN1CCCCC1C. The number of fused-ring (bicyclic) bond motifs is 1. The zero-order valence-corrected chi connectivity index (χ0v) is 20.6. The van der Waals surface area contributed by atoms with Crippen LogP contribution in [-0.4, -0.2) is 49.6 Å². The molecule has 0 saturated carbocycles. The molecule has 3 aromatic rings. The summed E-state index contributed by atoms with van der Waals surface area (Å²) in [6, 6.07) is 19.9. The Morgan fingerprint density at radius 3 is 2.44 bits per heavy atom. The number of piperidine rings is 1. The van der Waals surface area contributed by atoms with Crippen LogP contribution in [0.4, 0.5) is 5.69 Å². The van der Waals surface area contributed by atoms with E-state index in [1.54, 1.807) is 43.5 Å². The molecule has 1 atom stereocenters. The van der Waals surface area contributed by atoms with Gasteiger partial charge in [-0.25, -0.2) is 4.90 Å². The van der Waals surface area contributed by atoms with Crippen LogP contribution in [0.1, 0.15) is 46.9 Å². The van der Waals surface area contributed by atoms with Crippen LogP contribution in [0.3, 0.4) is 0 Å². The van der Waals surface area contributed by atoms with Crippen LogP contribution in [0.25, 0.3) is 0 Å². The van der Waals surface area contributed by atoms with E-state index in [1.165, 1.54) is 24.2 Å². The number of benzene rings is 3. The van der Waals surface area contributed by atoms with Gasteiger partial charge in [-0.2, -0.15) is 0 Å². The first-order chi connectivity index (χ1) is 17.5. The molecule has 1 saturated heterocycles. The highest BCUT2D eigenvalue weighted by Gasteiger charge is 2.37. The van der Waals surface area contributed by atoms with E-state index in [1.807, 2.05) is 30.3 Å². The second-order valence-electron chi connectivity index (χ2n) is 9.13. The monoisotopic (exact) mass is 486 g/mol. The maximum Gasteiger partial charge on any atom is 0.266 e. The van der Waals surface area contributed by atoms with Crippen LogP contribution < -0.4 is 19.1 Å². The fraction of sp³-hybridized carbons (Fsp3) is 0.310. The number of ether oxygens (including phenoxy) is 3. The highest BCUT2D eigenvalue weighted by Crippen LogP contribution is 2.37. The van der Waals surface area contributed by atoms with Gasteiger partial charge in [-0.15, -0.1) is 0 Å².